The minimum absolute atomic E-state index is 0.0466. The Morgan fingerprint density at radius 2 is 2.06 bits per heavy atom. The van der Waals surface area contributed by atoms with Crippen LogP contribution in [-0.4, -0.2) is 35.4 Å². The molecule has 0 spiro atoms. The van der Waals surface area contributed by atoms with Crippen molar-refractivity contribution in [1.29, 1.82) is 0 Å². The van der Waals surface area contributed by atoms with Gasteiger partial charge in [-0.3, -0.25) is 4.79 Å². The molecule has 18 heavy (non-hydrogen) atoms. The highest BCUT2D eigenvalue weighted by Gasteiger charge is 2.16. The standard InChI is InChI=1S/C12H14O6/c1-7(13)12(16)18-11(15)6-8-3-4-9(14)10(5-8)17-2/h3-5,7,13-14H,6H2,1-2H3. The highest BCUT2D eigenvalue weighted by Crippen LogP contribution is 2.26. The van der Waals surface area contributed by atoms with Gasteiger partial charge in [-0.2, -0.15) is 0 Å². The van der Waals surface area contributed by atoms with Crippen LogP contribution in [0.3, 0.4) is 0 Å². The molecule has 2 N–H and O–H groups in total. The molecule has 98 valence electrons. The zero-order chi connectivity index (χ0) is 13.7. The van der Waals surface area contributed by atoms with E-state index < -0.39 is 18.0 Å². The average molecular weight is 254 g/mol. The van der Waals surface area contributed by atoms with Crippen molar-refractivity contribution in [3.63, 3.8) is 0 Å². The summed E-state index contributed by atoms with van der Waals surface area (Å²) in [6.45, 7) is 1.21. The number of benzene rings is 1. The van der Waals surface area contributed by atoms with Crippen LogP contribution in [0.4, 0.5) is 0 Å². The van der Waals surface area contributed by atoms with Gasteiger partial charge in [-0.15, -0.1) is 0 Å². The number of aliphatic hydroxyl groups is 1. The molecule has 0 saturated carbocycles. The van der Waals surface area contributed by atoms with Crippen LogP contribution in [0.5, 0.6) is 11.5 Å². The van der Waals surface area contributed by atoms with Gasteiger partial charge in [0.15, 0.2) is 11.5 Å². The Kier molecular flexibility index (Phi) is 4.67. The minimum Gasteiger partial charge on any atom is -0.504 e. The number of carbonyl (C=O) groups excluding carboxylic acids is 2. The lowest BCUT2D eigenvalue weighted by Crippen LogP contribution is -2.23. The van der Waals surface area contributed by atoms with E-state index in [1.807, 2.05) is 0 Å². The molecule has 0 radical (unpaired) electrons. The number of esters is 2. The number of rotatable bonds is 4. The fourth-order valence-electron chi connectivity index (χ4n) is 1.23. The topological polar surface area (TPSA) is 93.1 Å². The molecule has 0 fully saturated rings. The second-order valence-electron chi connectivity index (χ2n) is 3.65. The normalized spacial score (nSPS) is 11.7. The number of phenols is 1. The second kappa shape index (κ2) is 6.02. The highest BCUT2D eigenvalue weighted by atomic mass is 16.6. The molecule has 1 atom stereocenters. The van der Waals surface area contributed by atoms with Crippen LogP contribution in [0.15, 0.2) is 18.2 Å². The smallest absolute Gasteiger partial charge is 0.342 e. The molecular weight excluding hydrogens is 240 g/mol. The number of aromatic hydroxyl groups is 1. The lowest BCUT2D eigenvalue weighted by atomic mass is 10.1. The van der Waals surface area contributed by atoms with Crippen molar-refractivity contribution in [3.05, 3.63) is 23.8 Å². The summed E-state index contributed by atoms with van der Waals surface area (Å²) < 4.78 is 9.27. The van der Waals surface area contributed by atoms with E-state index in [0.717, 1.165) is 0 Å². The fourth-order valence-corrected chi connectivity index (χ4v) is 1.23. The third-order valence-electron chi connectivity index (χ3n) is 2.15. The lowest BCUT2D eigenvalue weighted by molar-refractivity contribution is -0.164. The quantitative estimate of drug-likeness (QED) is 0.596. The van der Waals surface area contributed by atoms with Gasteiger partial charge in [-0.05, 0) is 24.6 Å². The van der Waals surface area contributed by atoms with E-state index in [2.05, 4.69) is 4.74 Å². The van der Waals surface area contributed by atoms with Gasteiger partial charge in [-0.1, -0.05) is 6.07 Å². The summed E-state index contributed by atoms with van der Waals surface area (Å²) in [5.41, 5.74) is 0.521. The van der Waals surface area contributed by atoms with E-state index in [1.165, 1.54) is 32.2 Å². The molecular formula is C12H14O6. The Balaban J connectivity index is 2.67. The van der Waals surface area contributed by atoms with E-state index in [9.17, 15) is 14.7 Å². The van der Waals surface area contributed by atoms with Crippen LogP contribution in [-0.2, 0) is 20.7 Å². The Morgan fingerprint density at radius 3 is 2.61 bits per heavy atom. The number of aliphatic hydroxyl groups excluding tert-OH is 1. The predicted octanol–water partition coefficient (Wildman–Crippen LogP) is 0.394. The minimum atomic E-state index is -1.34. The zero-order valence-corrected chi connectivity index (χ0v) is 10.0. The van der Waals surface area contributed by atoms with Crippen molar-refractivity contribution < 1.29 is 29.3 Å². The van der Waals surface area contributed by atoms with Crippen molar-refractivity contribution in [3.8, 4) is 11.5 Å². The average Bonchev–Trinajstić information content (AvgIpc) is 2.31. The first-order valence-electron chi connectivity index (χ1n) is 5.22. The number of hydrogen-bond donors (Lipinski definition) is 2. The Morgan fingerprint density at radius 1 is 1.39 bits per heavy atom. The summed E-state index contributed by atoms with van der Waals surface area (Å²) in [7, 11) is 1.38. The summed E-state index contributed by atoms with van der Waals surface area (Å²) >= 11 is 0. The number of methoxy groups -OCH3 is 1. The maximum absolute atomic E-state index is 11.4. The molecule has 0 aliphatic carbocycles. The van der Waals surface area contributed by atoms with Crippen LogP contribution < -0.4 is 4.74 Å². The SMILES string of the molecule is COc1cc(CC(=O)OC(=O)C(C)O)ccc1O. The Hall–Kier alpha value is -2.08. The molecule has 6 nitrogen and oxygen atoms in total. The van der Waals surface area contributed by atoms with Crippen LogP contribution >= 0.6 is 0 Å². The van der Waals surface area contributed by atoms with Crippen LogP contribution in [0.1, 0.15) is 12.5 Å². The molecule has 0 saturated heterocycles. The summed E-state index contributed by atoms with van der Waals surface area (Å²) in [5.74, 6) is -1.60. The molecule has 0 aliphatic rings. The first-order chi connectivity index (χ1) is 8.43. The van der Waals surface area contributed by atoms with Crippen molar-refractivity contribution in [2.75, 3.05) is 7.11 Å². The number of carbonyl (C=O) groups is 2. The van der Waals surface area contributed by atoms with Crippen LogP contribution in [0.25, 0.3) is 0 Å². The molecule has 0 bridgehead atoms. The lowest BCUT2D eigenvalue weighted by Gasteiger charge is -2.07. The second-order valence-corrected chi connectivity index (χ2v) is 3.65. The van der Waals surface area contributed by atoms with Crippen molar-refractivity contribution >= 4 is 11.9 Å². The number of ether oxygens (including phenoxy) is 2. The first-order valence-corrected chi connectivity index (χ1v) is 5.22. The van der Waals surface area contributed by atoms with Gasteiger partial charge >= 0.3 is 11.9 Å². The van der Waals surface area contributed by atoms with Crippen molar-refractivity contribution in [2.45, 2.75) is 19.4 Å². The van der Waals surface area contributed by atoms with Gasteiger partial charge in [0, 0.05) is 0 Å². The van der Waals surface area contributed by atoms with E-state index in [0.29, 0.717) is 5.56 Å². The summed E-state index contributed by atoms with van der Waals surface area (Å²) in [6, 6.07) is 4.34. The van der Waals surface area contributed by atoms with Gasteiger partial charge in [0.05, 0.1) is 13.5 Å². The Labute approximate surface area is 104 Å². The summed E-state index contributed by atoms with van der Waals surface area (Å²) in [6.07, 6.45) is -1.50. The molecule has 0 amide bonds. The molecule has 0 aliphatic heterocycles. The Bertz CT molecular complexity index is 452. The van der Waals surface area contributed by atoms with Gasteiger partial charge in [-0.25, -0.2) is 4.79 Å². The summed E-state index contributed by atoms with van der Waals surface area (Å²) in [5, 5.41) is 18.2. The monoisotopic (exact) mass is 254 g/mol. The van der Waals surface area contributed by atoms with E-state index >= 15 is 0 Å². The van der Waals surface area contributed by atoms with Crippen molar-refractivity contribution in [1.82, 2.24) is 0 Å². The third-order valence-corrected chi connectivity index (χ3v) is 2.15. The zero-order valence-electron chi connectivity index (χ0n) is 10.0. The fraction of sp³-hybridized carbons (Fsp3) is 0.333. The van der Waals surface area contributed by atoms with E-state index in [-0.39, 0.29) is 17.9 Å². The maximum Gasteiger partial charge on any atom is 0.342 e. The third kappa shape index (κ3) is 3.74. The maximum atomic E-state index is 11.4. The molecule has 1 aromatic rings. The molecule has 6 heteroatoms. The van der Waals surface area contributed by atoms with Gasteiger partial charge in [0.25, 0.3) is 0 Å². The first kappa shape index (κ1) is 14.0. The molecule has 1 aromatic carbocycles. The van der Waals surface area contributed by atoms with E-state index in [1.54, 1.807) is 0 Å². The molecule has 0 aromatic heterocycles. The molecule has 0 heterocycles. The van der Waals surface area contributed by atoms with Crippen LogP contribution in [0, 0.1) is 0 Å². The van der Waals surface area contributed by atoms with Crippen LogP contribution in [0.2, 0.25) is 0 Å². The van der Waals surface area contributed by atoms with Gasteiger partial charge in [0.1, 0.15) is 6.10 Å². The predicted molar refractivity (Wildman–Crippen MR) is 61.1 cm³/mol. The highest BCUT2D eigenvalue weighted by molar-refractivity contribution is 5.88. The number of hydrogen-bond acceptors (Lipinski definition) is 6. The molecule has 1 unspecified atom stereocenters. The van der Waals surface area contributed by atoms with Crippen molar-refractivity contribution in [2.24, 2.45) is 0 Å². The van der Waals surface area contributed by atoms with Gasteiger partial charge in [0.2, 0.25) is 0 Å². The largest absolute Gasteiger partial charge is 0.504 e. The summed E-state index contributed by atoms with van der Waals surface area (Å²) in [4.78, 5) is 22.3. The number of phenolic OH excluding ortho intramolecular Hbond substituents is 1. The van der Waals surface area contributed by atoms with Gasteiger partial charge < -0.3 is 19.7 Å². The molecule has 1 rings (SSSR count). The van der Waals surface area contributed by atoms with E-state index in [4.69, 9.17) is 9.84 Å².